The normalized spacial score (nSPS) is 11.9. The molecule has 0 aliphatic rings. The second-order valence-corrected chi connectivity index (χ2v) is 30.2. The van der Waals surface area contributed by atoms with Gasteiger partial charge in [-0.1, -0.05) is 224 Å². The zero-order chi connectivity index (χ0) is 76.8. The standard InChI is InChI=1S/C41H24N4.C38H22N4.C27H15N3/c1-2-8-31(9-3-1)45-36-11-5-4-10-35(36)44-41(45)26-14-12-25(13-15-26)34-21-18-30-24-28-16-19-32-37-27(23-29-7-6-22-42-39(29)32)17-20-33(38(28)37)40(30)43-34;1-3-8-23(9-4-1)32-22-33(24-10-5-2-6-11-24)42-38(41-32)31-18-15-28-21-26-13-16-29-34-25(20-27-12-7-19-39-36(27)29)14-17-30(35(26)34)37(28)40-31;1-4-20(15-28-11-1)23-10-7-19-14-17-5-8-21-24-16(13-18-3-2-12-29-26(18)21)6-9-22(25(17)24)27(19)30-23/h1-24H;1-22H;1-15H. The van der Waals surface area contributed by atoms with E-state index in [0.717, 1.165) is 144 Å². The minimum absolute atomic E-state index is 0.609. The van der Waals surface area contributed by atoms with Crippen LogP contribution >= 0.6 is 0 Å². The van der Waals surface area contributed by atoms with E-state index in [1.165, 1.54) is 97.0 Å². The minimum atomic E-state index is 0.609. The Hall–Kier alpha value is -16.0. The molecule has 0 unspecified atom stereocenters. The molecule has 26 aromatic rings. The molecule has 540 valence electrons. The van der Waals surface area contributed by atoms with Crippen molar-refractivity contribution < 1.29 is 0 Å². The molecule has 0 N–H and O–H groups in total. The van der Waals surface area contributed by atoms with Crippen LogP contribution in [0.3, 0.4) is 0 Å². The molecule has 0 fully saturated rings. The van der Waals surface area contributed by atoms with Gasteiger partial charge in [-0.25, -0.2) is 29.9 Å². The summed E-state index contributed by atoms with van der Waals surface area (Å²) in [6.07, 6.45) is 9.27. The lowest BCUT2D eigenvalue weighted by atomic mass is 9.91. The van der Waals surface area contributed by atoms with Crippen LogP contribution in [0.25, 0.3) is 247 Å². The van der Waals surface area contributed by atoms with E-state index in [0.29, 0.717) is 5.82 Å². The quantitative estimate of drug-likeness (QED) is 0.112. The van der Waals surface area contributed by atoms with Gasteiger partial charge < -0.3 is 0 Å². The van der Waals surface area contributed by atoms with Gasteiger partial charge in [-0.3, -0.25) is 24.5 Å². The molecule has 9 aromatic heterocycles. The van der Waals surface area contributed by atoms with Gasteiger partial charge in [0.05, 0.1) is 66.9 Å². The van der Waals surface area contributed by atoms with Crippen molar-refractivity contribution in [1.29, 1.82) is 0 Å². The van der Waals surface area contributed by atoms with Gasteiger partial charge in [-0.15, -0.1) is 0 Å². The molecule has 0 aliphatic carbocycles. The third-order valence-electron chi connectivity index (χ3n) is 23.4. The van der Waals surface area contributed by atoms with Crippen LogP contribution in [-0.2, 0) is 0 Å². The van der Waals surface area contributed by atoms with Gasteiger partial charge in [0, 0.05) is 129 Å². The zero-order valence-electron chi connectivity index (χ0n) is 62.6. The number of para-hydroxylation sites is 3. The van der Waals surface area contributed by atoms with Crippen molar-refractivity contribution in [2.75, 3.05) is 0 Å². The Morgan fingerprint density at radius 3 is 0.983 bits per heavy atom. The number of aromatic nitrogens is 11. The number of nitrogens with zero attached hydrogens (tertiary/aromatic N) is 11. The largest absolute Gasteiger partial charge is 0.292 e. The highest BCUT2D eigenvalue weighted by atomic mass is 15.1. The summed E-state index contributed by atoms with van der Waals surface area (Å²) < 4.78 is 2.23. The average molecular weight is 1490 g/mol. The van der Waals surface area contributed by atoms with E-state index < -0.39 is 0 Å². The Kier molecular flexibility index (Phi) is 14.8. The maximum Gasteiger partial charge on any atom is 0.179 e. The summed E-state index contributed by atoms with van der Waals surface area (Å²) in [7, 11) is 0. The summed E-state index contributed by atoms with van der Waals surface area (Å²) in [6, 6.07) is 119. The molecule has 0 spiro atoms. The fraction of sp³-hybridized carbons (Fsp3) is 0. The van der Waals surface area contributed by atoms with E-state index in [-0.39, 0.29) is 0 Å². The van der Waals surface area contributed by atoms with E-state index in [9.17, 15) is 0 Å². The van der Waals surface area contributed by atoms with Crippen molar-refractivity contribution >= 4 is 173 Å². The topological polar surface area (TPSA) is 134 Å². The Balaban J connectivity index is 0.000000103. The predicted molar refractivity (Wildman–Crippen MR) is 483 cm³/mol. The number of hydrogen-bond donors (Lipinski definition) is 0. The number of pyridine rings is 7. The monoisotopic (exact) mass is 1490 g/mol. The van der Waals surface area contributed by atoms with Crippen LogP contribution in [0.1, 0.15) is 0 Å². The lowest BCUT2D eigenvalue weighted by molar-refractivity contribution is 1.10. The van der Waals surface area contributed by atoms with Crippen LogP contribution in [-0.4, -0.2) is 54.4 Å². The van der Waals surface area contributed by atoms with Gasteiger partial charge in [-0.05, 0) is 180 Å². The first-order chi connectivity index (χ1) is 58.0. The average Bonchev–Trinajstić information content (AvgIpc) is 0.903. The lowest BCUT2D eigenvalue weighted by Gasteiger charge is -2.15. The molecule has 11 heteroatoms. The molecular weight excluding hydrogens is 1430 g/mol. The number of fused-ring (bicyclic) bond motifs is 13. The molecule has 0 amide bonds. The van der Waals surface area contributed by atoms with Crippen LogP contribution < -0.4 is 0 Å². The molecule has 0 bridgehead atoms. The number of rotatable bonds is 7. The highest BCUT2D eigenvalue weighted by Gasteiger charge is 2.22. The van der Waals surface area contributed by atoms with E-state index >= 15 is 0 Å². The first-order valence-corrected chi connectivity index (χ1v) is 39.3. The molecule has 0 saturated heterocycles. The van der Waals surface area contributed by atoms with Gasteiger partial charge in [0.1, 0.15) is 11.5 Å². The van der Waals surface area contributed by atoms with Crippen molar-refractivity contribution in [3.63, 3.8) is 0 Å². The van der Waals surface area contributed by atoms with Gasteiger partial charge in [-0.2, -0.15) is 0 Å². The van der Waals surface area contributed by atoms with E-state index in [1.54, 1.807) is 6.20 Å². The third-order valence-corrected chi connectivity index (χ3v) is 23.4. The van der Waals surface area contributed by atoms with Crippen molar-refractivity contribution in [1.82, 2.24) is 54.4 Å². The van der Waals surface area contributed by atoms with Crippen molar-refractivity contribution in [3.05, 3.63) is 371 Å². The Morgan fingerprint density at radius 2 is 0.547 bits per heavy atom. The third kappa shape index (κ3) is 10.7. The summed E-state index contributed by atoms with van der Waals surface area (Å²) in [5.41, 5.74) is 18.9. The molecule has 17 aromatic carbocycles. The first kappa shape index (κ1) is 65.7. The van der Waals surface area contributed by atoms with E-state index in [4.69, 9.17) is 39.9 Å². The second kappa shape index (κ2) is 26.3. The summed E-state index contributed by atoms with van der Waals surface area (Å²) in [6.45, 7) is 0. The second-order valence-electron chi connectivity index (χ2n) is 30.2. The maximum atomic E-state index is 5.28. The van der Waals surface area contributed by atoms with Gasteiger partial charge in [0.15, 0.2) is 5.82 Å². The molecule has 0 saturated carbocycles. The van der Waals surface area contributed by atoms with Crippen molar-refractivity contribution in [2.45, 2.75) is 0 Å². The highest BCUT2D eigenvalue weighted by Crippen LogP contribution is 2.46. The molecule has 26 rings (SSSR count). The summed E-state index contributed by atoms with van der Waals surface area (Å²) in [5, 5.41) is 28.8. The summed E-state index contributed by atoms with van der Waals surface area (Å²) in [4.78, 5) is 49.1. The maximum absolute atomic E-state index is 5.28. The van der Waals surface area contributed by atoms with E-state index in [2.05, 4.69) is 275 Å². The van der Waals surface area contributed by atoms with E-state index in [1.807, 2.05) is 104 Å². The molecule has 0 atom stereocenters. The molecule has 0 aliphatic heterocycles. The number of hydrogen-bond acceptors (Lipinski definition) is 10. The van der Waals surface area contributed by atoms with Crippen LogP contribution in [0.2, 0.25) is 0 Å². The molecule has 0 radical (unpaired) electrons. The molecule has 9 heterocycles. The molecule has 11 nitrogen and oxygen atoms in total. The number of benzene rings is 17. The summed E-state index contributed by atoms with van der Waals surface area (Å²) in [5.74, 6) is 1.53. The summed E-state index contributed by atoms with van der Waals surface area (Å²) >= 11 is 0. The van der Waals surface area contributed by atoms with Crippen LogP contribution in [0.5, 0.6) is 0 Å². The smallest absolute Gasteiger partial charge is 0.179 e. The first-order valence-electron chi connectivity index (χ1n) is 39.3. The Morgan fingerprint density at radius 1 is 0.205 bits per heavy atom. The van der Waals surface area contributed by atoms with Gasteiger partial charge in [0.25, 0.3) is 0 Å². The van der Waals surface area contributed by atoms with Crippen molar-refractivity contribution in [2.24, 2.45) is 0 Å². The molecule has 117 heavy (non-hydrogen) atoms. The van der Waals surface area contributed by atoms with Crippen LogP contribution in [0.15, 0.2) is 371 Å². The predicted octanol–water partition coefficient (Wildman–Crippen LogP) is 26.6. The Bertz CT molecular complexity index is 8440. The highest BCUT2D eigenvalue weighted by molar-refractivity contribution is 6.35. The van der Waals surface area contributed by atoms with Crippen LogP contribution in [0, 0.1) is 0 Å². The zero-order valence-corrected chi connectivity index (χ0v) is 62.6. The van der Waals surface area contributed by atoms with Crippen molar-refractivity contribution in [3.8, 4) is 73.6 Å². The fourth-order valence-electron chi connectivity index (χ4n) is 18.1. The van der Waals surface area contributed by atoms with Gasteiger partial charge >= 0.3 is 0 Å². The molecular formula is C106H61N11. The fourth-order valence-corrected chi connectivity index (χ4v) is 18.1. The Labute approximate surface area is 667 Å². The lowest BCUT2D eigenvalue weighted by Crippen LogP contribution is -1.98. The minimum Gasteiger partial charge on any atom is -0.292 e. The SMILES string of the molecule is c1ccc(-c2cc(-c3ccccc3)nc(-c3ccc4cc5ccc6c7ncccc7cc7ccc(c4n3)c5c76)n2)cc1.c1ccc(-n2c(-c3ccc(-c4ccc5cc6ccc7c8ncccc8cc8ccc(c5n4)c6c87)cc3)nc3ccccc32)cc1.c1cncc(-c2ccc3cc4ccc5c6ncccc6cc6ccc(c3n2)c4c65)c1. The van der Waals surface area contributed by atoms with Gasteiger partial charge in [0.2, 0.25) is 0 Å². The van der Waals surface area contributed by atoms with Crippen LogP contribution in [0.4, 0.5) is 0 Å². The number of imidazole rings is 1.